The molecule has 1 saturated heterocycles. The third-order valence-electron chi connectivity index (χ3n) is 5.04. The van der Waals surface area contributed by atoms with Crippen LogP contribution in [0, 0.1) is 0 Å². The molecule has 1 aromatic heterocycles. The molecule has 0 radical (unpaired) electrons. The van der Waals surface area contributed by atoms with Crippen molar-refractivity contribution in [2.24, 2.45) is 0 Å². The van der Waals surface area contributed by atoms with Crippen molar-refractivity contribution in [1.29, 1.82) is 0 Å². The highest BCUT2D eigenvalue weighted by Gasteiger charge is 2.29. The van der Waals surface area contributed by atoms with E-state index >= 15 is 0 Å². The van der Waals surface area contributed by atoms with E-state index in [0.717, 1.165) is 31.6 Å². The topological polar surface area (TPSA) is 40.6 Å². The van der Waals surface area contributed by atoms with Crippen molar-refractivity contribution in [3.05, 3.63) is 51.7 Å². The lowest BCUT2D eigenvalue weighted by molar-refractivity contribution is -0.117. The maximum atomic E-state index is 12.9. The molecule has 0 spiro atoms. The van der Waals surface area contributed by atoms with Crippen molar-refractivity contribution in [1.82, 2.24) is 4.90 Å². The largest absolute Gasteiger partial charge is 0.331 e. The number of amides is 2. The summed E-state index contributed by atoms with van der Waals surface area (Å²) in [7, 11) is 0. The van der Waals surface area contributed by atoms with Gasteiger partial charge in [-0.15, -0.1) is 11.3 Å². The van der Waals surface area contributed by atoms with Crippen molar-refractivity contribution in [2.75, 3.05) is 18.0 Å². The van der Waals surface area contributed by atoms with Gasteiger partial charge in [0.2, 0.25) is 5.91 Å². The lowest BCUT2D eigenvalue weighted by Gasteiger charge is -2.33. The van der Waals surface area contributed by atoms with Gasteiger partial charge in [-0.2, -0.15) is 0 Å². The van der Waals surface area contributed by atoms with E-state index in [1.807, 2.05) is 29.2 Å². The number of thiophene rings is 1. The fourth-order valence-electron chi connectivity index (χ4n) is 3.66. The summed E-state index contributed by atoms with van der Waals surface area (Å²) in [5.41, 5.74) is 2.86. The monoisotopic (exact) mass is 340 g/mol. The van der Waals surface area contributed by atoms with Gasteiger partial charge in [0.15, 0.2) is 0 Å². The van der Waals surface area contributed by atoms with Gasteiger partial charge in [-0.25, -0.2) is 0 Å². The Morgan fingerprint density at radius 3 is 2.62 bits per heavy atom. The van der Waals surface area contributed by atoms with Crippen molar-refractivity contribution >= 4 is 28.8 Å². The van der Waals surface area contributed by atoms with Gasteiger partial charge in [-0.1, -0.05) is 0 Å². The SMILES string of the molecule is C[C@@H]1c2ccsc2CCN1C(=O)c1ccc(N2CCCC2=O)cc1. The number of benzene rings is 1. The molecule has 2 aliphatic heterocycles. The third kappa shape index (κ3) is 2.53. The summed E-state index contributed by atoms with van der Waals surface area (Å²) in [5, 5.41) is 2.11. The number of hydrogen-bond acceptors (Lipinski definition) is 3. The van der Waals surface area contributed by atoms with E-state index in [9.17, 15) is 9.59 Å². The Morgan fingerprint density at radius 2 is 1.92 bits per heavy atom. The summed E-state index contributed by atoms with van der Waals surface area (Å²) < 4.78 is 0. The zero-order chi connectivity index (χ0) is 16.7. The lowest BCUT2D eigenvalue weighted by Crippen LogP contribution is -2.38. The second kappa shape index (κ2) is 6.06. The van der Waals surface area contributed by atoms with Crippen LogP contribution in [0.25, 0.3) is 0 Å². The van der Waals surface area contributed by atoms with E-state index in [4.69, 9.17) is 0 Å². The molecule has 1 atom stereocenters. The summed E-state index contributed by atoms with van der Waals surface area (Å²) in [4.78, 5) is 29.9. The van der Waals surface area contributed by atoms with E-state index in [-0.39, 0.29) is 17.9 Å². The fourth-order valence-corrected chi connectivity index (χ4v) is 4.62. The van der Waals surface area contributed by atoms with Crippen LogP contribution in [0.15, 0.2) is 35.7 Å². The number of nitrogens with zero attached hydrogens (tertiary/aromatic N) is 2. The molecule has 24 heavy (non-hydrogen) atoms. The van der Waals surface area contributed by atoms with Gasteiger partial charge in [-0.05, 0) is 61.0 Å². The highest BCUT2D eigenvalue weighted by molar-refractivity contribution is 7.10. The van der Waals surface area contributed by atoms with Crippen molar-refractivity contribution in [3.63, 3.8) is 0 Å². The number of carbonyl (C=O) groups is 2. The summed E-state index contributed by atoms with van der Waals surface area (Å²) in [6, 6.07) is 9.72. The smallest absolute Gasteiger partial charge is 0.254 e. The number of rotatable bonds is 2. The van der Waals surface area contributed by atoms with Crippen LogP contribution in [0.4, 0.5) is 5.69 Å². The Bertz CT molecular complexity index is 781. The zero-order valence-electron chi connectivity index (χ0n) is 13.7. The summed E-state index contributed by atoms with van der Waals surface area (Å²) >= 11 is 1.78. The Hall–Kier alpha value is -2.14. The van der Waals surface area contributed by atoms with Crippen LogP contribution in [0.1, 0.15) is 46.6 Å². The summed E-state index contributed by atoms with van der Waals surface area (Å²) in [6.45, 7) is 3.63. The van der Waals surface area contributed by atoms with E-state index < -0.39 is 0 Å². The Labute approximate surface area is 145 Å². The van der Waals surface area contributed by atoms with Gasteiger partial charge in [0.25, 0.3) is 5.91 Å². The number of hydrogen-bond donors (Lipinski definition) is 0. The van der Waals surface area contributed by atoms with Crippen molar-refractivity contribution < 1.29 is 9.59 Å². The minimum Gasteiger partial charge on any atom is -0.331 e. The van der Waals surface area contributed by atoms with Crippen LogP contribution in [0.2, 0.25) is 0 Å². The van der Waals surface area contributed by atoms with E-state index in [0.29, 0.717) is 12.0 Å². The molecular weight excluding hydrogens is 320 g/mol. The van der Waals surface area contributed by atoms with Gasteiger partial charge < -0.3 is 9.80 Å². The van der Waals surface area contributed by atoms with Gasteiger partial charge in [0.1, 0.15) is 0 Å². The molecule has 1 aromatic carbocycles. The quantitative estimate of drug-likeness (QED) is 0.837. The highest BCUT2D eigenvalue weighted by Crippen LogP contribution is 2.34. The predicted octanol–water partition coefficient (Wildman–Crippen LogP) is 3.63. The highest BCUT2D eigenvalue weighted by atomic mass is 32.1. The maximum Gasteiger partial charge on any atom is 0.254 e. The molecular formula is C19H20N2O2S. The van der Waals surface area contributed by atoms with Crippen LogP contribution in [0.3, 0.4) is 0 Å². The Kier molecular flexibility index (Phi) is 3.88. The molecule has 4 nitrogen and oxygen atoms in total. The molecule has 0 N–H and O–H groups in total. The standard InChI is InChI=1S/C19H20N2O2S/c1-13-16-9-12-24-17(16)8-11-20(13)19(23)14-4-6-15(7-5-14)21-10-2-3-18(21)22/h4-7,9,12-13H,2-3,8,10-11H2,1H3/t13-/m1/s1. The first-order valence-electron chi connectivity index (χ1n) is 8.43. The summed E-state index contributed by atoms with van der Waals surface area (Å²) in [5.74, 6) is 0.238. The molecule has 3 heterocycles. The molecule has 0 bridgehead atoms. The van der Waals surface area contributed by atoms with Gasteiger partial charge in [0, 0.05) is 35.6 Å². The van der Waals surface area contributed by atoms with Gasteiger partial charge in [-0.3, -0.25) is 9.59 Å². The molecule has 4 rings (SSSR count). The molecule has 2 amide bonds. The summed E-state index contributed by atoms with van der Waals surface area (Å²) in [6.07, 6.45) is 2.46. The zero-order valence-corrected chi connectivity index (χ0v) is 14.5. The number of carbonyl (C=O) groups excluding carboxylic acids is 2. The average Bonchev–Trinajstić information content (AvgIpc) is 3.24. The molecule has 2 aliphatic rings. The molecule has 0 aliphatic carbocycles. The van der Waals surface area contributed by atoms with E-state index in [1.165, 1.54) is 10.4 Å². The van der Waals surface area contributed by atoms with E-state index in [1.54, 1.807) is 16.2 Å². The van der Waals surface area contributed by atoms with Crippen LogP contribution in [-0.4, -0.2) is 29.8 Å². The van der Waals surface area contributed by atoms with Gasteiger partial charge in [0.05, 0.1) is 6.04 Å². The Morgan fingerprint density at radius 1 is 1.12 bits per heavy atom. The minimum absolute atomic E-state index is 0.0682. The minimum atomic E-state index is 0.0682. The number of anilines is 1. The average molecular weight is 340 g/mol. The van der Waals surface area contributed by atoms with Crippen LogP contribution < -0.4 is 4.90 Å². The maximum absolute atomic E-state index is 12.9. The molecule has 1 fully saturated rings. The number of fused-ring (bicyclic) bond motifs is 1. The van der Waals surface area contributed by atoms with E-state index in [2.05, 4.69) is 18.4 Å². The van der Waals surface area contributed by atoms with Crippen LogP contribution >= 0.6 is 11.3 Å². The van der Waals surface area contributed by atoms with Crippen molar-refractivity contribution in [2.45, 2.75) is 32.2 Å². The molecule has 0 saturated carbocycles. The molecule has 2 aromatic rings. The molecule has 5 heteroatoms. The second-order valence-corrected chi connectivity index (χ2v) is 7.42. The van der Waals surface area contributed by atoms with Crippen LogP contribution in [0.5, 0.6) is 0 Å². The van der Waals surface area contributed by atoms with Gasteiger partial charge >= 0.3 is 0 Å². The van der Waals surface area contributed by atoms with Crippen LogP contribution in [-0.2, 0) is 11.2 Å². The third-order valence-corrected chi connectivity index (χ3v) is 6.03. The molecule has 124 valence electrons. The first kappa shape index (κ1) is 15.4. The van der Waals surface area contributed by atoms with Crippen molar-refractivity contribution in [3.8, 4) is 0 Å². The lowest BCUT2D eigenvalue weighted by atomic mass is 10.0. The normalized spacial score (nSPS) is 20.4. The molecule has 0 unspecified atom stereocenters. The first-order chi connectivity index (χ1) is 11.6. The second-order valence-electron chi connectivity index (χ2n) is 6.42. The first-order valence-corrected chi connectivity index (χ1v) is 9.31. The predicted molar refractivity (Wildman–Crippen MR) is 95.5 cm³/mol. The Balaban J connectivity index is 1.54. The fraction of sp³-hybridized carbons (Fsp3) is 0.368.